The van der Waals surface area contributed by atoms with E-state index in [-0.39, 0.29) is 142 Å². The summed E-state index contributed by atoms with van der Waals surface area (Å²) < 4.78 is 59.5. The van der Waals surface area contributed by atoms with Gasteiger partial charge in [0.1, 0.15) is 41.4 Å². The van der Waals surface area contributed by atoms with Gasteiger partial charge in [0, 0.05) is 68.1 Å². The van der Waals surface area contributed by atoms with E-state index in [1.807, 2.05) is 0 Å². The van der Waals surface area contributed by atoms with Gasteiger partial charge in [-0.05, 0) is 156 Å². The van der Waals surface area contributed by atoms with Crippen LogP contribution in [0.4, 0.5) is 28.2 Å². The van der Waals surface area contributed by atoms with Crippen molar-refractivity contribution in [2.75, 3.05) is 45.7 Å². The third-order valence-electron chi connectivity index (χ3n) is 15.3. The van der Waals surface area contributed by atoms with Gasteiger partial charge in [0.25, 0.3) is 29.5 Å². The molecule has 0 radical (unpaired) electrons. The van der Waals surface area contributed by atoms with Crippen LogP contribution in [0.25, 0.3) is 32.0 Å². The van der Waals surface area contributed by atoms with E-state index < -0.39 is 47.4 Å². The molecule has 0 aliphatic carbocycles. The minimum atomic E-state index is -0.837. The molecule has 8 aromatic rings. The smallest absolute Gasteiger partial charge is 0.412 e. The lowest BCUT2D eigenvalue weighted by molar-refractivity contribution is -0.133. The van der Waals surface area contributed by atoms with Crippen molar-refractivity contribution >= 4 is 125 Å². The average Bonchev–Trinajstić information content (AvgIpc) is 1.65. The van der Waals surface area contributed by atoms with E-state index in [1.54, 1.807) is 93.0 Å². The molecule has 0 unspecified atom stereocenters. The van der Waals surface area contributed by atoms with E-state index in [2.05, 4.69) is 25.3 Å². The van der Waals surface area contributed by atoms with Crippen LogP contribution in [-0.2, 0) is 27.2 Å². The molecule has 0 bridgehead atoms. The number of pyridine rings is 2. The largest absolute Gasteiger partial charge is 0.447 e. The number of nitrogens with zero attached hydrogens (tertiary/aromatic N) is 9. The number of aromatic nitrogens is 2. The van der Waals surface area contributed by atoms with Gasteiger partial charge in [-0.3, -0.25) is 53.7 Å². The second kappa shape index (κ2) is 34.5. The molecule has 0 fully saturated rings. The number of aliphatic hydroxyl groups is 1. The molecule has 94 heavy (non-hydrogen) atoms. The van der Waals surface area contributed by atoms with Crippen molar-refractivity contribution in [1.82, 2.24) is 29.6 Å². The zero-order chi connectivity index (χ0) is 66.2. The molecule has 0 saturated heterocycles. The van der Waals surface area contributed by atoms with Crippen LogP contribution in [0.5, 0.6) is 0 Å². The molecule has 2 N–H and O–H groups in total. The van der Waals surface area contributed by atoms with Gasteiger partial charge < -0.3 is 19.6 Å². The zero-order valence-corrected chi connectivity index (χ0v) is 53.9. The maximum atomic E-state index is 13.9. The van der Waals surface area contributed by atoms with Gasteiger partial charge in [0.15, 0.2) is 0 Å². The van der Waals surface area contributed by atoms with Crippen LogP contribution >= 0.6 is 50.2 Å². The number of benzene rings is 6. The summed E-state index contributed by atoms with van der Waals surface area (Å²) in [7, 11) is 3.15. The van der Waals surface area contributed by atoms with Crippen molar-refractivity contribution in [3.8, 4) is 0 Å². The molecule has 20 nitrogen and oxygen atoms in total. The normalized spacial score (nSPS) is 12.6. The van der Waals surface area contributed by atoms with Crippen LogP contribution in [0.1, 0.15) is 102 Å². The summed E-state index contributed by atoms with van der Waals surface area (Å²) in [5.41, 5.74) is 10.6. The lowest BCUT2D eigenvalue weighted by Crippen LogP contribution is -2.42. The van der Waals surface area contributed by atoms with Crippen molar-refractivity contribution in [2.24, 2.45) is 5.11 Å². The third-order valence-corrected chi connectivity index (χ3v) is 16.2. The monoisotopic (exact) mass is 1360 g/mol. The fraction of sp³-hybridized carbons (Fsp3) is 0.242. The van der Waals surface area contributed by atoms with Gasteiger partial charge in [0.05, 0.1) is 51.0 Å². The Morgan fingerprint density at radius 1 is 0.606 bits per heavy atom. The number of hydrogen-bond donors (Lipinski definition) is 2. The van der Waals surface area contributed by atoms with Gasteiger partial charge in [-0.1, -0.05) is 71.7 Å². The van der Waals surface area contributed by atoms with Crippen molar-refractivity contribution in [2.45, 2.75) is 63.5 Å². The molecule has 2 aromatic heterocycles. The predicted octanol–water partition coefficient (Wildman–Crippen LogP) is 12.6. The fourth-order valence-electron chi connectivity index (χ4n) is 10.2. The first-order valence-electron chi connectivity index (χ1n) is 28.7. The topological polar surface area (TPSA) is 266 Å². The van der Waals surface area contributed by atoms with Crippen LogP contribution in [-0.4, -0.2) is 135 Å². The first-order chi connectivity index (χ1) is 44.2. The molecule has 490 valence electrons. The molecule has 2 aliphatic heterocycles. The highest BCUT2D eigenvalue weighted by molar-refractivity contribution is 7.59. The maximum absolute atomic E-state index is 13.9. The van der Waals surface area contributed by atoms with Crippen LogP contribution < -0.4 is 5.32 Å². The van der Waals surface area contributed by atoms with E-state index in [1.165, 1.54) is 81.7 Å². The highest BCUT2D eigenvalue weighted by atomic mass is 35.5. The van der Waals surface area contributed by atoms with Gasteiger partial charge in [-0.2, -0.15) is 27.0 Å². The van der Waals surface area contributed by atoms with E-state index in [4.69, 9.17) is 33.5 Å². The molecular formula is C66H62Cl2F4N10O10S2. The Balaban J connectivity index is 0.000000246. The molecule has 2 atom stereocenters. The number of azide groups is 1. The number of nitrogens with one attached hydrogen (secondary N) is 1. The maximum Gasteiger partial charge on any atom is 0.412 e. The Hall–Kier alpha value is -9.43. The lowest BCUT2D eigenvalue weighted by Gasteiger charge is -2.28. The Labute approximate surface area is 560 Å². The summed E-state index contributed by atoms with van der Waals surface area (Å²) in [5, 5.41) is 17.6. The summed E-state index contributed by atoms with van der Waals surface area (Å²) in [6.45, 7) is -0.137. The number of ether oxygens (including phenoxy) is 1. The van der Waals surface area contributed by atoms with E-state index in [0.29, 0.717) is 74.2 Å². The Morgan fingerprint density at radius 2 is 1.04 bits per heavy atom. The van der Waals surface area contributed by atoms with Crippen molar-refractivity contribution in [3.63, 3.8) is 0 Å². The number of hydrogen-bond acceptors (Lipinski definition) is 12. The zero-order valence-electron chi connectivity index (χ0n) is 50.4. The quantitative estimate of drug-likeness (QED) is 0.0224. The second-order valence-corrected chi connectivity index (χ2v) is 21.9. The number of amides is 8. The van der Waals surface area contributed by atoms with Crippen LogP contribution in [0.3, 0.4) is 0 Å². The number of carbonyl (C=O) groups is 8. The second-order valence-electron chi connectivity index (χ2n) is 21.2. The highest BCUT2D eigenvalue weighted by Crippen LogP contribution is 2.28. The first-order valence-corrected chi connectivity index (χ1v) is 29.5. The summed E-state index contributed by atoms with van der Waals surface area (Å²) >= 11 is 12.0. The number of aliphatic hydroxyl groups excluding tert-OH is 1. The first kappa shape index (κ1) is 73.6. The fourth-order valence-corrected chi connectivity index (χ4v) is 10.6. The molecule has 4 heterocycles. The van der Waals surface area contributed by atoms with Crippen molar-refractivity contribution in [3.05, 3.63) is 229 Å². The van der Waals surface area contributed by atoms with Gasteiger partial charge in [0.2, 0.25) is 11.8 Å². The number of anilines is 1. The Bertz CT molecular complexity index is 4140. The molecule has 2 aliphatic rings. The van der Waals surface area contributed by atoms with E-state index in [9.17, 15) is 61.0 Å². The average molecular weight is 1370 g/mol. The SMILES string of the molecule is CN(C(=O)CCc1cccc(F)c1Cl)[C@@H](CCCN1C(=O)c2ccccc2C1=O)COC(=O)Nc1cc2cc(F)ccc2cn1.CN(C(=O)CCc1cccc(F)c1Cl)[C@H](CO)CCCN1C(=O)c2ccccc2C1=O.S.S.[N-]=[N+]=NC(=O)c1cc2cc(F)ccc2cn1. The Kier molecular flexibility index (Phi) is 27.0. The minimum absolute atomic E-state index is 0. The molecule has 0 saturated carbocycles. The minimum Gasteiger partial charge on any atom is -0.447 e. The number of aryl methyl sites for hydroxylation is 2. The Morgan fingerprint density at radius 3 is 1.50 bits per heavy atom. The number of halogens is 6. The highest BCUT2D eigenvalue weighted by Gasteiger charge is 2.36. The van der Waals surface area contributed by atoms with E-state index in [0.717, 1.165) is 4.90 Å². The third kappa shape index (κ3) is 18.4. The standard InChI is InChI=1S/C33H29ClF2N4O5.C23H24ClFN2O4.C10H5FN4O.2H2S/c1-39(29(41)14-12-20-6-4-10-27(36)30(20)34)24(7-5-15-40-31(42)25-8-2-3-9-26(25)32(40)43)19-45-33(44)38-28-17-22-16-23(35)13-11-21(22)18-37-28;1-26(20(29)12-11-15-6-4-10-19(25)21(15)24)16(14-28)7-5-13-27-22(30)17-8-2-3-9-18(17)23(27)31;11-8-2-1-6-5-13-9(4-7(6)3-8)10(16)14-15-12;;/h2-4,6,8-11,13,16-18,24H,5,7,12,14-15,19H2,1H3,(H,37,38,44);2-4,6,8-10,16,28H,5,7,11-14H2,1H3;1-5H;2*1H2/t24-;16-;;;/m00.../s1. The van der Waals surface area contributed by atoms with Crippen LogP contribution in [0, 0.1) is 23.3 Å². The van der Waals surface area contributed by atoms with Gasteiger partial charge >= 0.3 is 6.09 Å². The molecule has 6 aromatic carbocycles. The number of rotatable bonds is 21. The molecule has 28 heteroatoms. The summed E-state index contributed by atoms with van der Waals surface area (Å²) in [5.74, 6) is -4.50. The molecule has 8 amide bonds. The number of fused-ring (bicyclic) bond motifs is 4. The van der Waals surface area contributed by atoms with Gasteiger partial charge in [-0.25, -0.2) is 27.3 Å². The molecule has 0 spiro atoms. The van der Waals surface area contributed by atoms with Gasteiger partial charge in [-0.15, -0.1) is 0 Å². The van der Waals surface area contributed by atoms with E-state index >= 15 is 0 Å². The molecular weight excluding hydrogens is 1300 g/mol. The van der Waals surface area contributed by atoms with Crippen LogP contribution in [0.15, 0.2) is 151 Å². The van der Waals surface area contributed by atoms with Crippen molar-refractivity contribution in [1.29, 1.82) is 0 Å². The number of imide groups is 2. The lowest BCUT2D eigenvalue weighted by atomic mass is 10.1. The van der Waals surface area contributed by atoms with Crippen molar-refractivity contribution < 1.29 is 65.8 Å². The summed E-state index contributed by atoms with van der Waals surface area (Å²) in [4.78, 5) is 116. The summed E-state index contributed by atoms with van der Waals surface area (Å²) in [6.07, 6.45) is 4.17. The van der Waals surface area contributed by atoms with Crippen LogP contribution in [0.2, 0.25) is 10.0 Å². The predicted molar refractivity (Wildman–Crippen MR) is 354 cm³/mol. The molecule has 10 rings (SSSR count). The number of carbonyl (C=O) groups excluding carboxylic acids is 8. The summed E-state index contributed by atoms with van der Waals surface area (Å²) in [6, 6.07) is 32.3. The number of likely N-dealkylation sites (N-methyl/N-ethyl adjacent to an activating group) is 2.